The lowest BCUT2D eigenvalue weighted by Gasteiger charge is -2.06. The van der Waals surface area contributed by atoms with Gasteiger partial charge in [-0.05, 0) is 28.0 Å². The van der Waals surface area contributed by atoms with Crippen molar-refractivity contribution in [3.63, 3.8) is 0 Å². The van der Waals surface area contributed by atoms with E-state index in [1.54, 1.807) is 18.3 Å². The van der Waals surface area contributed by atoms with E-state index in [-0.39, 0.29) is 5.82 Å². The van der Waals surface area contributed by atoms with Crippen LogP contribution in [0.25, 0.3) is 0 Å². The van der Waals surface area contributed by atoms with E-state index in [1.807, 2.05) is 42.5 Å². The highest BCUT2D eigenvalue weighted by Gasteiger charge is 2.18. The van der Waals surface area contributed by atoms with Gasteiger partial charge in [-0.25, -0.2) is 9.55 Å². The van der Waals surface area contributed by atoms with Crippen LogP contribution in [0.2, 0.25) is 0 Å². The molecule has 1 aromatic carbocycles. The van der Waals surface area contributed by atoms with Crippen LogP contribution in [0.4, 0.5) is 5.82 Å². The van der Waals surface area contributed by atoms with Crippen molar-refractivity contribution in [2.45, 2.75) is 13.0 Å². The number of nitrogen functional groups attached to an aromatic ring is 1. The number of hydrogen-bond donors (Lipinski definition) is 2. The molecule has 0 radical (unpaired) electrons. The molecule has 0 aliphatic rings. The second kappa shape index (κ2) is 9.24. The molecule has 7 nitrogen and oxygen atoms in total. The fourth-order valence-electron chi connectivity index (χ4n) is 2.39. The number of aromatic nitrogens is 2. The summed E-state index contributed by atoms with van der Waals surface area (Å²) < 4.78 is 23.0. The van der Waals surface area contributed by atoms with Gasteiger partial charge in [0.25, 0.3) is 0 Å². The molecule has 1 unspecified atom stereocenters. The fourth-order valence-corrected chi connectivity index (χ4v) is 2.86. The Morgan fingerprint density at radius 3 is 2.59 bits per heavy atom. The van der Waals surface area contributed by atoms with E-state index in [1.165, 1.54) is 6.20 Å². The average Bonchev–Trinajstić information content (AvgIpc) is 2.69. The molecule has 0 bridgehead atoms. The summed E-state index contributed by atoms with van der Waals surface area (Å²) in [6.45, 7) is 1.53. The highest BCUT2D eigenvalue weighted by Crippen LogP contribution is 2.30. The van der Waals surface area contributed by atoms with E-state index in [4.69, 9.17) is 15.1 Å². The average molecular weight is 410 g/mol. The SMILES string of the molecule is CP(=O)(O)O[n+]1cc(C#CCc2ccc(COc3ccccn3)cc2)ccc1N. The molecule has 2 aromatic heterocycles. The maximum Gasteiger partial charge on any atom is 0.415 e. The van der Waals surface area contributed by atoms with Gasteiger partial charge in [0.2, 0.25) is 5.88 Å². The van der Waals surface area contributed by atoms with E-state index >= 15 is 0 Å². The van der Waals surface area contributed by atoms with Crippen molar-refractivity contribution in [3.05, 3.63) is 83.7 Å². The summed E-state index contributed by atoms with van der Waals surface area (Å²) >= 11 is 0. The maximum atomic E-state index is 11.4. The van der Waals surface area contributed by atoms with Gasteiger partial charge in [0, 0.05) is 24.8 Å². The summed E-state index contributed by atoms with van der Waals surface area (Å²) in [6.07, 6.45) is 3.72. The lowest BCUT2D eigenvalue weighted by molar-refractivity contribution is -0.847. The van der Waals surface area contributed by atoms with Crippen LogP contribution in [0.1, 0.15) is 16.7 Å². The number of benzene rings is 1. The van der Waals surface area contributed by atoms with Gasteiger partial charge in [-0.2, -0.15) is 0 Å². The second-order valence-corrected chi connectivity index (χ2v) is 8.07. The van der Waals surface area contributed by atoms with Gasteiger partial charge in [0.1, 0.15) is 6.61 Å². The van der Waals surface area contributed by atoms with Crippen molar-refractivity contribution in [2.75, 3.05) is 12.4 Å². The van der Waals surface area contributed by atoms with Crippen LogP contribution in [-0.4, -0.2) is 16.5 Å². The minimum atomic E-state index is -3.72. The second-order valence-electron chi connectivity index (χ2n) is 6.30. The molecule has 3 N–H and O–H groups in total. The first-order chi connectivity index (χ1) is 13.9. The standard InChI is InChI=1S/C21H20N3O4P/c1-29(25,26)28-24-15-18(12-13-20(24)22)6-4-5-17-8-10-19(11-9-17)16-27-21-7-2-3-14-23-21/h2-3,7-15,22H,5,16H2,1H3,(H,25,26)/p+1. The normalized spacial score (nSPS) is 12.3. The van der Waals surface area contributed by atoms with Crippen LogP contribution in [0.3, 0.4) is 0 Å². The molecule has 29 heavy (non-hydrogen) atoms. The molecule has 3 aromatic rings. The van der Waals surface area contributed by atoms with E-state index in [0.717, 1.165) is 22.5 Å². The number of anilines is 1. The summed E-state index contributed by atoms with van der Waals surface area (Å²) in [4.78, 5) is 13.5. The number of nitrogens with two attached hydrogens (primary N) is 1. The number of pyridine rings is 2. The summed E-state index contributed by atoms with van der Waals surface area (Å²) in [5.41, 5.74) is 8.46. The number of rotatable bonds is 6. The first-order valence-electron chi connectivity index (χ1n) is 8.81. The first kappa shape index (κ1) is 20.4. The zero-order valence-corrected chi connectivity index (χ0v) is 16.8. The third kappa shape index (κ3) is 6.65. The highest BCUT2D eigenvalue weighted by atomic mass is 31.2. The van der Waals surface area contributed by atoms with Crippen LogP contribution in [0.15, 0.2) is 67.0 Å². The van der Waals surface area contributed by atoms with Crippen LogP contribution >= 0.6 is 7.60 Å². The molecule has 0 aliphatic carbocycles. The predicted molar refractivity (Wildman–Crippen MR) is 109 cm³/mol. The Morgan fingerprint density at radius 1 is 1.14 bits per heavy atom. The zero-order chi connectivity index (χ0) is 20.7. The van der Waals surface area contributed by atoms with Crippen molar-refractivity contribution in [1.82, 2.24) is 4.98 Å². The monoisotopic (exact) mass is 410 g/mol. The molecule has 148 valence electrons. The minimum Gasteiger partial charge on any atom is -0.473 e. The quantitative estimate of drug-likeness (QED) is 0.368. The lowest BCUT2D eigenvalue weighted by atomic mass is 10.1. The molecule has 0 saturated carbocycles. The summed E-state index contributed by atoms with van der Waals surface area (Å²) in [7, 11) is -3.72. The van der Waals surface area contributed by atoms with Crippen LogP contribution < -0.4 is 19.8 Å². The van der Waals surface area contributed by atoms with Gasteiger partial charge in [0.05, 0.1) is 12.2 Å². The Balaban J connectivity index is 1.59. The number of nitrogens with zero attached hydrogens (tertiary/aromatic N) is 2. The molecule has 8 heteroatoms. The Labute approximate surface area is 169 Å². The van der Waals surface area contributed by atoms with Crippen molar-refractivity contribution in [3.8, 4) is 17.7 Å². The molecular formula is C21H21N3O4P+. The molecule has 2 heterocycles. The van der Waals surface area contributed by atoms with Crippen LogP contribution in [0, 0.1) is 11.8 Å². The van der Waals surface area contributed by atoms with Gasteiger partial charge < -0.3 is 9.63 Å². The summed E-state index contributed by atoms with van der Waals surface area (Å²) in [6, 6.07) is 16.8. The van der Waals surface area contributed by atoms with Crippen molar-refractivity contribution in [2.24, 2.45) is 0 Å². The molecule has 0 amide bonds. The summed E-state index contributed by atoms with van der Waals surface area (Å²) in [5.74, 6) is 6.86. The van der Waals surface area contributed by atoms with Crippen molar-refractivity contribution in [1.29, 1.82) is 0 Å². The fraction of sp³-hybridized carbons (Fsp3) is 0.143. The third-order valence-electron chi connectivity index (χ3n) is 3.76. The van der Waals surface area contributed by atoms with E-state index < -0.39 is 7.60 Å². The lowest BCUT2D eigenvalue weighted by Crippen LogP contribution is -2.43. The van der Waals surface area contributed by atoms with Gasteiger partial charge in [-0.15, -0.1) is 0 Å². The van der Waals surface area contributed by atoms with E-state index in [0.29, 0.717) is 24.5 Å². The largest absolute Gasteiger partial charge is 0.473 e. The molecular weight excluding hydrogens is 389 g/mol. The molecule has 1 atom stereocenters. The van der Waals surface area contributed by atoms with Gasteiger partial charge in [-0.3, -0.25) is 10.4 Å². The maximum absolute atomic E-state index is 11.4. The molecule has 0 aliphatic heterocycles. The predicted octanol–water partition coefficient (Wildman–Crippen LogP) is 2.37. The third-order valence-corrected chi connectivity index (χ3v) is 4.24. The molecule has 0 fully saturated rings. The topological polar surface area (TPSA) is 98.5 Å². The van der Waals surface area contributed by atoms with Gasteiger partial charge in [0.15, 0.2) is 6.20 Å². The highest BCUT2D eigenvalue weighted by molar-refractivity contribution is 7.51. The van der Waals surface area contributed by atoms with Crippen molar-refractivity contribution >= 4 is 13.4 Å². The Bertz CT molecular complexity index is 1070. The smallest absolute Gasteiger partial charge is 0.415 e. The molecule has 0 spiro atoms. The Morgan fingerprint density at radius 2 is 1.90 bits per heavy atom. The number of hydrogen-bond acceptors (Lipinski definition) is 5. The van der Waals surface area contributed by atoms with Crippen molar-refractivity contribution < 1.29 is 23.6 Å². The zero-order valence-electron chi connectivity index (χ0n) is 15.9. The van der Waals surface area contributed by atoms with Gasteiger partial charge in [-0.1, -0.05) is 42.2 Å². The van der Waals surface area contributed by atoms with Crippen LogP contribution in [0.5, 0.6) is 5.88 Å². The minimum absolute atomic E-state index is 0.204. The first-order valence-corrected chi connectivity index (χ1v) is 10.8. The Hall–Kier alpha value is -3.33. The molecule has 3 rings (SSSR count). The molecule has 0 saturated heterocycles. The number of ether oxygens (including phenoxy) is 1. The van der Waals surface area contributed by atoms with Crippen LogP contribution in [-0.2, 0) is 17.6 Å². The van der Waals surface area contributed by atoms with E-state index in [9.17, 15) is 9.46 Å². The summed E-state index contributed by atoms with van der Waals surface area (Å²) in [5, 5.41) is 0. The Kier molecular flexibility index (Phi) is 6.50. The van der Waals surface area contributed by atoms with E-state index in [2.05, 4.69) is 16.8 Å². The van der Waals surface area contributed by atoms with Gasteiger partial charge >= 0.3 is 13.4 Å².